The van der Waals surface area contributed by atoms with Crippen molar-refractivity contribution in [3.05, 3.63) is 70.9 Å². The molecule has 0 N–H and O–H groups in total. The van der Waals surface area contributed by atoms with Gasteiger partial charge in [-0.15, -0.1) is 11.8 Å². The Hall–Kier alpha value is -2.53. The number of nitrogens with zero attached hydrogens (tertiary/aromatic N) is 1. The quantitative estimate of drug-likeness (QED) is 0.385. The topological polar surface area (TPSA) is 46.6 Å². The minimum atomic E-state index is -0.366. The van der Waals surface area contributed by atoms with Crippen LogP contribution in [0.2, 0.25) is 0 Å². The lowest BCUT2D eigenvalue weighted by Gasteiger charge is -2.23. The second-order valence-electron chi connectivity index (χ2n) is 8.43. The average Bonchev–Trinajstić information content (AvgIpc) is 3.28. The second kappa shape index (κ2) is 8.31. The van der Waals surface area contributed by atoms with Crippen LogP contribution in [0, 0.1) is 0 Å². The number of ketones is 1. The van der Waals surface area contributed by atoms with Crippen molar-refractivity contribution in [3.63, 3.8) is 0 Å². The van der Waals surface area contributed by atoms with Crippen LogP contribution in [0.4, 0.5) is 5.69 Å². The van der Waals surface area contributed by atoms with E-state index in [4.69, 9.17) is 4.74 Å². The largest absolute Gasteiger partial charge is 0.457 e. The summed E-state index contributed by atoms with van der Waals surface area (Å²) < 4.78 is 5.24. The van der Waals surface area contributed by atoms with Crippen LogP contribution in [-0.4, -0.2) is 31.2 Å². The van der Waals surface area contributed by atoms with Gasteiger partial charge in [-0.05, 0) is 54.2 Å². The van der Waals surface area contributed by atoms with Crippen LogP contribution >= 0.6 is 11.8 Å². The van der Waals surface area contributed by atoms with E-state index in [2.05, 4.69) is 44.2 Å². The Morgan fingerprint density at radius 1 is 1.13 bits per heavy atom. The summed E-state index contributed by atoms with van der Waals surface area (Å²) in [5.41, 5.74) is 5.74. The Kier molecular flexibility index (Phi) is 5.74. The third-order valence-corrected chi connectivity index (χ3v) is 7.01. The minimum Gasteiger partial charge on any atom is -0.457 e. The van der Waals surface area contributed by atoms with Gasteiger partial charge in [0.15, 0.2) is 12.4 Å². The number of benzene rings is 2. The Morgan fingerprint density at radius 3 is 2.70 bits per heavy atom. The van der Waals surface area contributed by atoms with Crippen LogP contribution in [0.5, 0.6) is 0 Å². The highest BCUT2D eigenvalue weighted by molar-refractivity contribution is 8.00. The molecule has 0 atom stereocenters. The van der Waals surface area contributed by atoms with Crippen molar-refractivity contribution >= 4 is 29.2 Å². The molecule has 2 aromatic rings. The SMILES string of the molecule is CN1C(=CC(=O)COC(=O)CSc2ccc3c(c2)CCC3)C(C)(C)c2ccccc21. The molecule has 156 valence electrons. The van der Waals surface area contributed by atoms with Gasteiger partial charge in [-0.1, -0.05) is 38.1 Å². The van der Waals surface area contributed by atoms with Crippen LogP contribution in [0.25, 0.3) is 0 Å². The van der Waals surface area contributed by atoms with Gasteiger partial charge in [0.1, 0.15) is 0 Å². The van der Waals surface area contributed by atoms with Crippen molar-refractivity contribution < 1.29 is 14.3 Å². The molecule has 0 saturated heterocycles. The van der Waals surface area contributed by atoms with E-state index in [0.717, 1.165) is 29.1 Å². The molecule has 2 aromatic carbocycles. The lowest BCUT2D eigenvalue weighted by Crippen LogP contribution is -2.25. The van der Waals surface area contributed by atoms with Gasteiger partial charge in [0.05, 0.1) is 5.75 Å². The summed E-state index contributed by atoms with van der Waals surface area (Å²) >= 11 is 1.46. The molecule has 0 fully saturated rings. The molecule has 0 spiro atoms. The summed E-state index contributed by atoms with van der Waals surface area (Å²) in [6.45, 7) is 3.98. The van der Waals surface area contributed by atoms with Gasteiger partial charge in [-0.3, -0.25) is 9.59 Å². The number of para-hydroxylation sites is 1. The number of ether oxygens (including phenoxy) is 1. The lowest BCUT2D eigenvalue weighted by molar-refractivity contribution is -0.144. The molecular formula is C25H27NO3S. The molecule has 0 saturated carbocycles. The molecule has 4 rings (SSSR count). The Morgan fingerprint density at radius 2 is 1.90 bits per heavy atom. The van der Waals surface area contributed by atoms with Gasteiger partial charge in [0.25, 0.3) is 0 Å². The van der Waals surface area contributed by atoms with Gasteiger partial charge in [-0.25, -0.2) is 0 Å². The van der Waals surface area contributed by atoms with E-state index in [1.807, 2.05) is 24.1 Å². The number of thioether (sulfide) groups is 1. The van der Waals surface area contributed by atoms with Gasteiger partial charge in [0.2, 0.25) is 0 Å². The molecule has 0 bridgehead atoms. The van der Waals surface area contributed by atoms with E-state index in [9.17, 15) is 9.59 Å². The van der Waals surface area contributed by atoms with Crippen molar-refractivity contribution in [2.45, 2.75) is 43.4 Å². The maximum atomic E-state index is 12.5. The standard InChI is InChI=1S/C25H27NO3S/c1-25(2)21-9-4-5-10-22(21)26(3)23(25)14-19(27)15-29-24(28)16-30-20-12-11-17-7-6-8-18(17)13-20/h4-5,9-14H,6-8,15-16H2,1-3H3. The lowest BCUT2D eigenvalue weighted by atomic mass is 9.83. The number of carbonyl (C=O) groups excluding carboxylic acids is 2. The zero-order valence-corrected chi connectivity index (χ0v) is 18.6. The molecule has 1 aliphatic carbocycles. The Labute approximate surface area is 182 Å². The number of anilines is 1. The van der Waals surface area contributed by atoms with Crippen molar-refractivity contribution in [3.8, 4) is 0 Å². The van der Waals surface area contributed by atoms with Crippen molar-refractivity contribution in [2.75, 3.05) is 24.3 Å². The highest BCUT2D eigenvalue weighted by atomic mass is 32.2. The fourth-order valence-corrected chi connectivity index (χ4v) is 5.18. The number of likely N-dealkylation sites (N-methyl/N-ethyl adjacent to an activating group) is 1. The minimum absolute atomic E-state index is 0.200. The normalized spacial score (nSPS) is 17.7. The molecule has 1 heterocycles. The highest BCUT2D eigenvalue weighted by Gasteiger charge is 2.38. The van der Waals surface area contributed by atoms with Gasteiger partial charge >= 0.3 is 5.97 Å². The predicted molar refractivity (Wildman–Crippen MR) is 121 cm³/mol. The monoisotopic (exact) mass is 421 g/mol. The van der Waals surface area contributed by atoms with Crippen LogP contribution in [0.1, 0.15) is 37.0 Å². The average molecular weight is 422 g/mol. The van der Waals surface area contributed by atoms with E-state index >= 15 is 0 Å². The molecule has 0 unspecified atom stereocenters. The summed E-state index contributed by atoms with van der Waals surface area (Å²) in [7, 11) is 1.96. The summed E-state index contributed by atoms with van der Waals surface area (Å²) in [5, 5.41) is 0. The van der Waals surface area contributed by atoms with E-state index in [-0.39, 0.29) is 29.5 Å². The summed E-state index contributed by atoms with van der Waals surface area (Å²) in [5.74, 6) is -0.359. The van der Waals surface area contributed by atoms with Crippen LogP contribution in [-0.2, 0) is 32.6 Å². The highest BCUT2D eigenvalue weighted by Crippen LogP contribution is 2.46. The first-order chi connectivity index (χ1) is 14.4. The molecule has 30 heavy (non-hydrogen) atoms. The number of hydrogen-bond acceptors (Lipinski definition) is 5. The van der Waals surface area contributed by atoms with Crippen LogP contribution < -0.4 is 4.90 Å². The number of fused-ring (bicyclic) bond motifs is 2. The maximum absolute atomic E-state index is 12.5. The van der Waals surface area contributed by atoms with E-state index < -0.39 is 0 Å². The first-order valence-electron chi connectivity index (χ1n) is 10.3. The van der Waals surface area contributed by atoms with Crippen LogP contribution in [0.3, 0.4) is 0 Å². The third-order valence-electron chi connectivity index (χ3n) is 6.04. The molecule has 0 aromatic heterocycles. The number of allylic oxidation sites excluding steroid dienone is 1. The fraction of sp³-hybridized carbons (Fsp3) is 0.360. The molecule has 0 radical (unpaired) electrons. The van der Waals surface area contributed by atoms with Crippen molar-refractivity contribution in [2.24, 2.45) is 0 Å². The zero-order chi connectivity index (χ0) is 21.3. The summed E-state index contributed by atoms with van der Waals surface area (Å²) in [6.07, 6.45) is 5.09. The fourth-order valence-electron chi connectivity index (χ4n) is 4.43. The van der Waals surface area contributed by atoms with Gasteiger partial charge in [0, 0.05) is 34.8 Å². The number of rotatable bonds is 6. The molecule has 4 nitrogen and oxygen atoms in total. The third kappa shape index (κ3) is 4.04. The Bertz CT molecular complexity index is 1020. The van der Waals surface area contributed by atoms with Crippen molar-refractivity contribution in [1.82, 2.24) is 0 Å². The number of esters is 1. The van der Waals surface area contributed by atoms with Gasteiger partial charge < -0.3 is 9.64 Å². The first kappa shape index (κ1) is 20.7. The number of carbonyl (C=O) groups is 2. The number of aryl methyl sites for hydroxylation is 2. The van der Waals surface area contributed by atoms with E-state index in [0.29, 0.717) is 0 Å². The summed E-state index contributed by atoms with van der Waals surface area (Å²) in [4.78, 5) is 27.8. The predicted octanol–water partition coefficient (Wildman–Crippen LogP) is 4.69. The van der Waals surface area contributed by atoms with Crippen LogP contribution in [0.15, 0.2) is 59.1 Å². The molecular weight excluding hydrogens is 394 g/mol. The zero-order valence-electron chi connectivity index (χ0n) is 17.7. The Balaban J connectivity index is 1.32. The molecule has 0 amide bonds. The first-order valence-corrected chi connectivity index (χ1v) is 11.3. The van der Waals surface area contributed by atoms with E-state index in [1.54, 1.807) is 6.08 Å². The van der Waals surface area contributed by atoms with Gasteiger partial charge in [-0.2, -0.15) is 0 Å². The molecule has 5 heteroatoms. The van der Waals surface area contributed by atoms with Crippen molar-refractivity contribution in [1.29, 1.82) is 0 Å². The molecule has 2 aliphatic rings. The molecule has 1 aliphatic heterocycles. The maximum Gasteiger partial charge on any atom is 0.316 e. The second-order valence-corrected chi connectivity index (χ2v) is 9.48. The van der Waals surface area contributed by atoms with E-state index in [1.165, 1.54) is 34.9 Å². The summed E-state index contributed by atoms with van der Waals surface area (Å²) in [6, 6.07) is 14.5. The smallest absolute Gasteiger partial charge is 0.316 e. The number of hydrogen-bond donors (Lipinski definition) is 0.